The number of aromatic nitrogens is 2. The number of carbonyl (C=O) groups is 1. The summed E-state index contributed by atoms with van der Waals surface area (Å²) in [5.41, 5.74) is 3.24. The van der Waals surface area contributed by atoms with E-state index in [-0.39, 0.29) is 17.2 Å². The number of amides is 1. The maximum Gasteiger partial charge on any atom is 0.262 e. The Hall–Kier alpha value is -3.58. The first-order chi connectivity index (χ1) is 15.5. The van der Waals surface area contributed by atoms with E-state index in [0.717, 1.165) is 11.1 Å². The van der Waals surface area contributed by atoms with Crippen molar-refractivity contribution >= 4 is 34.3 Å². The number of hydrogen-bond donors (Lipinski definition) is 1. The highest BCUT2D eigenvalue weighted by molar-refractivity contribution is 7.99. The van der Waals surface area contributed by atoms with Crippen molar-refractivity contribution in [3.8, 4) is 5.75 Å². The van der Waals surface area contributed by atoms with Crippen LogP contribution in [0, 0.1) is 6.92 Å². The van der Waals surface area contributed by atoms with Crippen LogP contribution < -0.4 is 15.6 Å². The van der Waals surface area contributed by atoms with E-state index in [1.54, 1.807) is 29.9 Å². The molecule has 4 rings (SSSR count). The summed E-state index contributed by atoms with van der Waals surface area (Å²) in [7, 11) is 1.56. The summed E-state index contributed by atoms with van der Waals surface area (Å²) in [6.45, 7) is 2.41. The summed E-state index contributed by atoms with van der Waals surface area (Å²) < 4.78 is 6.92. The topological polar surface area (TPSA) is 73.2 Å². The van der Waals surface area contributed by atoms with Gasteiger partial charge in [-0.15, -0.1) is 0 Å². The highest BCUT2D eigenvalue weighted by atomic mass is 32.2. The number of para-hydroxylation sites is 3. The summed E-state index contributed by atoms with van der Waals surface area (Å²) in [6, 6.07) is 22.5. The van der Waals surface area contributed by atoms with Crippen LogP contribution >= 0.6 is 11.8 Å². The van der Waals surface area contributed by atoms with Gasteiger partial charge in [-0.05, 0) is 36.8 Å². The molecule has 0 fully saturated rings. The average Bonchev–Trinajstić information content (AvgIpc) is 2.81. The van der Waals surface area contributed by atoms with Gasteiger partial charge in [-0.2, -0.15) is 0 Å². The number of aryl methyl sites for hydroxylation is 1. The average molecular weight is 446 g/mol. The van der Waals surface area contributed by atoms with Crippen LogP contribution in [-0.2, 0) is 11.3 Å². The van der Waals surface area contributed by atoms with E-state index in [2.05, 4.69) is 10.3 Å². The molecule has 0 spiro atoms. The lowest BCUT2D eigenvalue weighted by Gasteiger charge is -2.14. The SMILES string of the molecule is COc1ccccc1NC(=O)CSc1nc2ccccc2c(=O)n1Cc1ccc(C)cc1. The Morgan fingerprint density at radius 2 is 1.75 bits per heavy atom. The minimum atomic E-state index is -0.205. The van der Waals surface area contributed by atoms with Crippen molar-refractivity contribution in [3.05, 3.63) is 94.3 Å². The zero-order valence-corrected chi connectivity index (χ0v) is 18.7. The fourth-order valence-electron chi connectivity index (χ4n) is 3.34. The first kappa shape index (κ1) is 21.6. The fourth-order valence-corrected chi connectivity index (χ4v) is 4.14. The zero-order valence-electron chi connectivity index (χ0n) is 17.9. The molecule has 0 radical (unpaired) electrons. The van der Waals surface area contributed by atoms with E-state index in [1.807, 2.05) is 61.5 Å². The second-order valence-electron chi connectivity index (χ2n) is 7.33. The maximum atomic E-state index is 13.2. The highest BCUT2D eigenvalue weighted by Gasteiger charge is 2.14. The number of rotatable bonds is 7. The Morgan fingerprint density at radius 1 is 1.03 bits per heavy atom. The van der Waals surface area contributed by atoms with Crippen molar-refractivity contribution in [1.29, 1.82) is 0 Å². The molecule has 0 unspecified atom stereocenters. The van der Waals surface area contributed by atoms with Crippen molar-refractivity contribution in [2.75, 3.05) is 18.2 Å². The molecular weight excluding hydrogens is 422 g/mol. The quantitative estimate of drug-likeness (QED) is 0.335. The van der Waals surface area contributed by atoms with Gasteiger partial charge in [0.05, 0.1) is 36.0 Å². The summed E-state index contributed by atoms with van der Waals surface area (Å²) >= 11 is 1.24. The maximum absolute atomic E-state index is 13.2. The van der Waals surface area contributed by atoms with Crippen molar-refractivity contribution in [2.45, 2.75) is 18.6 Å². The van der Waals surface area contributed by atoms with E-state index in [1.165, 1.54) is 11.8 Å². The predicted octanol–water partition coefficient (Wildman–Crippen LogP) is 4.49. The molecule has 6 nitrogen and oxygen atoms in total. The molecule has 1 aromatic heterocycles. The third-order valence-corrected chi connectivity index (χ3v) is 5.98. The van der Waals surface area contributed by atoms with Crippen LogP contribution in [0.15, 0.2) is 82.7 Å². The van der Waals surface area contributed by atoms with Gasteiger partial charge < -0.3 is 10.1 Å². The van der Waals surface area contributed by atoms with Crippen LogP contribution in [0.2, 0.25) is 0 Å². The van der Waals surface area contributed by atoms with E-state index in [9.17, 15) is 9.59 Å². The van der Waals surface area contributed by atoms with E-state index in [0.29, 0.717) is 34.0 Å². The predicted molar refractivity (Wildman–Crippen MR) is 129 cm³/mol. The molecule has 0 aliphatic heterocycles. The number of nitrogens with one attached hydrogen (secondary N) is 1. The number of carbonyl (C=O) groups excluding carboxylic acids is 1. The molecule has 0 bridgehead atoms. The summed E-state index contributed by atoms with van der Waals surface area (Å²) in [5.74, 6) is 0.492. The van der Waals surface area contributed by atoms with Crippen LogP contribution in [0.25, 0.3) is 10.9 Å². The van der Waals surface area contributed by atoms with Crippen LogP contribution in [0.3, 0.4) is 0 Å². The van der Waals surface area contributed by atoms with Crippen molar-refractivity contribution in [2.24, 2.45) is 0 Å². The molecule has 1 heterocycles. The van der Waals surface area contributed by atoms with Gasteiger partial charge in [0.2, 0.25) is 5.91 Å². The number of hydrogen-bond acceptors (Lipinski definition) is 5. The summed E-state index contributed by atoms with van der Waals surface area (Å²) in [5, 5.41) is 3.92. The fraction of sp³-hybridized carbons (Fsp3) is 0.160. The summed E-state index contributed by atoms with van der Waals surface area (Å²) in [6.07, 6.45) is 0. The van der Waals surface area contributed by atoms with Crippen LogP contribution in [0.5, 0.6) is 5.75 Å². The van der Waals surface area contributed by atoms with E-state index in [4.69, 9.17) is 4.74 Å². The van der Waals surface area contributed by atoms with Gasteiger partial charge in [0.25, 0.3) is 5.56 Å². The smallest absolute Gasteiger partial charge is 0.262 e. The van der Waals surface area contributed by atoms with Gasteiger partial charge in [-0.25, -0.2) is 4.98 Å². The number of ether oxygens (including phenoxy) is 1. The van der Waals surface area contributed by atoms with Gasteiger partial charge in [0, 0.05) is 0 Å². The minimum absolute atomic E-state index is 0.108. The normalized spacial score (nSPS) is 10.8. The number of methoxy groups -OCH3 is 1. The van der Waals surface area contributed by atoms with Crippen molar-refractivity contribution in [3.63, 3.8) is 0 Å². The van der Waals surface area contributed by atoms with Gasteiger partial charge in [0.15, 0.2) is 5.16 Å². The molecule has 32 heavy (non-hydrogen) atoms. The largest absolute Gasteiger partial charge is 0.495 e. The molecule has 3 aromatic carbocycles. The lowest BCUT2D eigenvalue weighted by molar-refractivity contribution is -0.113. The van der Waals surface area contributed by atoms with Crippen molar-refractivity contribution in [1.82, 2.24) is 9.55 Å². The second-order valence-corrected chi connectivity index (χ2v) is 8.27. The van der Waals surface area contributed by atoms with Crippen LogP contribution in [0.4, 0.5) is 5.69 Å². The molecule has 7 heteroatoms. The molecule has 162 valence electrons. The number of fused-ring (bicyclic) bond motifs is 1. The van der Waals surface area contributed by atoms with E-state index >= 15 is 0 Å². The first-order valence-corrected chi connectivity index (χ1v) is 11.1. The molecule has 4 aromatic rings. The molecular formula is C25H23N3O3S. The lowest BCUT2D eigenvalue weighted by atomic mass is 10.1. The monoisotopic (exact) mass is 445 g/mol. The molecule has 0 saturated carbocycles. The standard InChI is InChI=1S/C25H23N3O3S/c1-17-11-13-18(14-12-17)15-28-24(30)19-7-3-4-8-20(19)27-25(28)32-16-23(29)26-21-9-5-6-10-22(21)31-2/h3-14H,15-16H2,1-2H3,(H,26,29). The molecule has 0 saturated heterocycles. The molecule has 0 aliphatic rings. The Labute approximate surface area is 190 Å². The number of thioether (sulfide) groups is 1. The first-order valence-electron chi connectivity index (χ1n) is 10.2. The molecule has 0 aliphatic carbocycles. The molecule has 1 N–H and O–H groups in total. The minimum Gasteiger partial charge on any atom is -0.495 e. The van der Waals surface area contributed by atoms with Gasteiger partial charge >= 0.3 is 0 Å². The number of anilines is 1. The second kappa shape index (κ2) is 9.70. The van der Waals surface area contributed by atoms with Crippen molar-refractivity contribution < 1.29 is 9.53 Å². The Bertz CT molecular complexity index is 1320. The Kier molecular flexibility index (Phi) is 6.56. The summed E-state index contributed by atoms with van der Waals surface area (Å²) in [4.78, 5) is 30.5. The van der Waals surface area contributed by atoms with Crippen LogP contribution in [0.1, 0.15) is 11.1 Å². The van der Waals surface area contributed by atoms with Gasteiger partial charge in [0.1, 0.15) is 5.75 Å². The molecule has 1 amide bonds. The highest BCUT2D eigenvalue weighted by Crippen LogP contribution is 2.24. The molecule has 0 atom stereocenters. The van der Waals surface area contributed by atoms with Gasteiger partial charge in [-0.1, -0.05) is 65.9 Å². The third-order valence-electron chi connectivity index (χ3n) is 5.00. The van der Waals surface area contributed by atoms with Gasteiger partial charge in [-0.3, -0.25) is 14.2 Å². The van der Waals surface area contributed by atoms with E-state index < -0.39 is 0 Å². The Balaban J connectivity index is 1.61. The Morgan fingerprint density at radius 3 is 2.53 bits per heavy atom. The number of nitrogens with zero attached hydrogens (tertiary/aromatic N) is 2. The lowest BCUT2D eigenvalue weighted by Crippen LogP contribution is -2.25. The van der Waals surface area contributed by atoms with Crippen LogP contribution in [-0.4, -0.2) is 28.3 Å². The number of benzene rings is 3. The zero-order chi connectivity index (χ0) is 22.5. The third kappa shape index (κ3) is 4.84.